The van der Waals surface area contributed by atoms with Gasteiger partial charge in [0.25, 0.3) is 5.69 Å². The van der Waals surface area contributed by atoms with Crippen molar-refractivity contribution in [1.82, 2.24) is 14.9 Å². The molecule has 1 fully saturated rings. The van der Waals surface area contributed by atoms with Crippen molar-refractivity contribution in [3.8, 4) is 0 Å². The number of nitrogens with one attached hydrogen (secondary N) is 1. The number of nitro benzene ring substituents is 1. The average Bonchev–Trinajstić information content (AvgIpc) is 3.20. The molecule has 3 heterocycles. The van der Waals surface area contributed by atoms with Gasteiger partial charge in [0.05, 0.1) is 27.2 Å². The molecule has 9 nitrogen and oxygen atoms in total. The van der Waals surface area contributed by atoms with Crippen molar-refractivity contribution >= 4 is 66.5 Å². The van der Waals surface area contributed by atoms with E-state index < -0.39 is 4.92 Å². The summed E-state index contributed by atoms with van der Waals surface area (Å²) in [4.78, 5) is 36.2. The van der Waals surface area contributed by atoms with Crippen LogP contribution in [0, 0.1) is 10.1 Å². The van der Waals surface area contributed by atoms with Crippen LogP contribution in [0.1, 0.15) is 0 Å². The lowest BCUT2D eigenvalue weighted by atomic mass is 10.1. The Morgan fingerprint density at radius 2 is 1.94 bits per heavy atom. The molecule has 1 amide bonds. The van der Waals surface area contributed by atoms with Crippen molar-refractivity contribution < 1.29 is 9.72 Å². The van der Waals surface area contributed by atoms with Crippen LogP contribution >= 0.6 is 22.9 Å². The number of nitro groups is 1. The highest BCUT2D eigenvalue weighted by atomic mass is 35.5. The van der Waals surface area contributed by atoms with Gasteiger partial charge in [-0.2, -0.15) is 0 Å². The molecule has 33 heavy (non-hydrogen) atoms. The molecule has 1 N–H and O–H groups in total. The van der Waals surface area contributed by atoms with E-state index in [1.54, 1.807) is 12.3 Å². The Kier molecular flexibility index (Phi) is 5.79. The first-order valence-electron chi connectivity index (χ1n) is 10.3. The molecule has 0 aliphatic carbocycles. The van der Waals surface area contributed by atoms with E-state index in [0.717, 1.165) is 42.8 Å². The van der Waals surface area contributed by atoms with E-state index in [9.17, 15) is 14.9 Å². The Hall–Kier alpha value is -3.34. The number of anilines is 2. The second kappa shape index (κ2) is 8.89. The minimum Gasteiger partial charge on any atom is -0.368 e. The van der Waals surface area contributed by atoms with Crippen LogP contribution in [0.4, 0.5) is 16.5 Å². The molecule has 0 saturated carbocycles. The predicted octanol–water partition coefficient (Wildman–Crippen LogP) is 4.17. The molecule has 4 aromatic rings. The number of hydrogen-bond donors (Lipinski definition) is 1. The van der Waals surface area contributed by atoms with Gasteiger partial charge in [0.2, 0.25) is 5.91 Å². The second-order valence-corrected chi connectivity index (χ2v) is 9.20. The number of piperazine rings is 1. The van der Waals surface area contributed by atoms with Gasteiger partial charge in [-0.25, -0.2) is 4.98 Å². The van der Waals surface area contributed by atoms with Crippen LogP contribution < -0.4 is 10.2 Å². The molecule has 11 heteroatoms. The van der Waals surface area contributed by atoms with Crippen molar-refractivity contribution in [2.45, 2.75) is 0 Å². The lowest BCUT2D eigenvalue weighted by molar-refractivity contribution is -0.384. The highest BCUT2D eigenvalue weighted by molar-refractivity contribution is 7.22. The summed E-state index contributed by atoms with van der Waals surface area (Å²) in [6.45, 7) is 3.34. The SMILES string of the molecule is O=C(CN1CCN(c2ccnc3cc(Cl)ccc23)CC1)Nc1nc2ccc([N+](=O)[O-])cc2s1. The number of fused-ring (bicyclic) bond motifs is 2. The maximum Gasteiger partial charge on any atom is 0.270 e. The number of nitrogens with zero attached hydrogens (tertiary/aromatic N) is 5. The summed E-state index contributed by atoms with van der Waals surface area (Å²) in [7, 11) is 0. The summed E-state index contributed by atoms with van der Waals surface area (Å²) in [5.41, 5.74) is 2.61. The average molecular weight is 483 g/mol. The van der Waals surface area contributed by atoms with Gasteiger partial charge < -0.3 is 10.2 Å². The monoisotopic (exact) mass is 482 g/mol. The molecule has 0 bridgehead atoms. The zero-order valence-electron chi connectivity index (χ0n) is 17.4. The number of halogens is 1. The predicted molar refractivity (Wildman–Crippen MR) is 130 cm³/mol. The number of rotatable bonds is 5. The van der Waals surface area contributed by atoms with E-state index in [0.29, 0.717) is 20.4 Å². The second-order valence-electron chi connectivity index (χ2n) is 7.73. The molecule has 2 aromatic carbocycles. The molecule has 168 valence electrons. The molecule has 1 aliphatic heterocycles. The number of amides is 1. The third kappa shape index (κ3) is 4.58. The molecule has 0 unspecified atom stereocenters. The quantitative estimate of drug-likeness (QED) is 0.336. The normalized spacial score (nSPS) is 14.6. The minimum atomic E-state index is -0.443. The maximum absolute atomic E-state index is 12.6. The summed E-state index contributed by atoms with van der Waals surface area (Å²) in [5, 5.41) is 15.9. The van der Waals surface area contributed by atoms with Crippen molar-refractivity contribution in [3.63, 3.8) is 0 Å². The fourth-order valence-corrected chi connectivity index (χ4v) is 5.05. The van der Waals surface area contributed by atoms with E-state index in [-0.39, 0.29) is 18.1 Å². The molecular weight excluding hydrogens is 464 g/mol. The number of aromatic nitrogens is 2. The third-order valence-corrected chi connectivity index (χ3v) is 6.76. The van der Waals surface area contributed by atoms with Gasteiger partial charge in [0.15, 0.2) is 5.13 Å². The fourth-order valence-electron chi connectivity index (χ4n) is 3.97. The van der Waals surface area contributed by atoms with E-state index in [1.807, 2.05) is 24.3 Å². The zero-order chi connectivity index (χ0) is 22.9. The molecule has 0 spiro atoms. The molecule has 0 atom stereocenters. The minimum absolute atomic E-state index is 0.00645. The number of benzene rings is 2. The molecule has 2 aromatic heterocycles. The fraction of sp³-hybridized carbons (Fsp3) is 0.227. The highest BCUT2D eigenvalue weighted by Gasteiger charge is 2.21. The Morgan fingerprint density at radius 1 is 1.12 bits per heavy atom. The third-order valence-electron chi connectivity index (χ3n) is 5.59. The smallest absolute Gasteiger partial charge is 0.270 e. The molecule has 0 radical (unpaired) electrons. The Labute approximate surface area is 197 Å². The largest absolute Gasteiger partial charge is 0.368 e. The van der Waals surface area contributed by atoms with Crippen LogP contribution in [0.2, 0.25) is 5.02 Å². The summed E-state index contributed by atoms with van der Waals surface area (Å²) >= 11 is 7.33. The van der Waals surface area contributed by atoms with Crippen molar-refractivity contribution in [2.75, 3.05) is 42.9 Å². The number of carbonyl (C=O) groups is 1. The van der Waals surface area contributed by atoms with Gasteiger partial charge in [0, 0.05) is 60.6 Å². The van der Waals surface area contributed by atoms with Gasteiger partial charge in [-0.1, -0.05) is 22.9 Å². The van der Waals surface area contributed by atoms with Crippen molar-refractivity contribution in [3.05, 3.63) is 63.8 Å². The Morgan fingerprint density at radius 3 is 2.73 bits per heavy atom. The molecular formula is C22H19ClN6O3S. The van der Waals surface area contributed by atoms with E-state index >= 15 is 0 Å². The lowest BCUT2D eigenvalue weighted by Gasteiger charge is -2.36. The summed E-state index contributed by atoms with van der Waals surface area (Å²) in [5.74, 6) is -0.152. The van der Waals surface area contributed by atoms with Gasteiger partial charge in [-0.15, -0.1) is 0 Å². The van der Waals surface area contributed by atoms with Gasteiger partial charge in [-0.3, -0.25) is 24.8 Å². The highest BCUT2D eigenvalue weighted by Crippen LogP contribution is 2.30. The van der Waals surface area contributed by atoms with Crippen LogP contribution in [0.3, 0.4) is 0 Å². The van der Waals surface area contributed by atoms with Crippen LogP contribution in [0.15, 0.2) is 48.7 Å². The van der Waals surface area contributed by atoms with Gasteiger partial charge in [-0.05, 0) is 30.3 Å². The van der Waals surface area contributed by atoms with Crippen LogP contribution in [0.25, 0.3) is 21.1 Å². The molecule has 1 aliphatic rings. The topological polar surface area (TPSA) is 104 Å². The number of non-ortho nitro benzene ring substituents is 1. The number of carbonyl (C=O) groups excluding carboxylic acids is 1. The van der Waals surface area contributed by atoms with E-state index in [4.69, 9.17) is 11.6 Å². The number of thiazole rings is 1. The van der Waals surface area contributed by atoms with Crippen LogP contribution in [0.5, 0.6) is 0 Å². The van der Waals surface area contributed by atoms with Crippen molar-refractivity contribution in [2.24, 2.45) is 0 Å². The lowest BCUT2D eigenvalue weighted by Crippen LogP contribution is -2.48. The van der Waals surface area contributed by atoms with E-state index in [2.05, 4.69) is 25.1 Å². The Balaban J connectivity index is 1.20. The zero-order valence-corrected chi connectivity index (χ0v) is 19.0. The standard InChI is InChI=1S/C22H19ClN6O3S/c23-14-1-3-16-18(11-14)24-6-5-19(16)28-9-7-27(8-10-28)13-21(30)26-22-25-17-4-2-15(29(31)32)12-20(17)33-22/h1-6,11-12H,7-10,13H2,(H,25,26,30). The van der Waals surface area contributed by atoms with Crippen LogP contribution in [-0.4, -0.2) is 58.4 Å². The summed E-state index contributed by atoms with van der Waals surface area (Å²) in [6.07, 6.45) is 1.79. The summed E-state index contributed by atoms with van der Waals surface area (Å²) < 4.78 is 0.666. The first-order valence-corrected chi connectivity index (χ1v) is 11.5. The van der Waals surface area contributed by atoms with Gasteiger partial charge in [0.1, 0.15) is 0 Å². The Bertz CT molecular complexity index is 1370. The van der Waals surface area contributed by atoms with Crippen molar-refractivity contribution in [1.29, 1.82) is 0 Å². The first-order chi connectivity index (χ1) is 16.0. The number of pyridine rings is 1. The van der Waals surface area contributed by atoms with Crippen LogP contribution in [-0.2, 0) is 4.79 Å². The van der Waals surface area contributed by atoms with E-state index in [1.165, 1.54) is 23.5 Å². The first kappa shape index (κ1) is 21.5. The molecule has 5 rings (SSSR count). The van der Waals surface area contributed by atoms with Gasteiger partial charge >= 0.3 is 0 Å². The summed E-state index contributed by atoms with van der Waals surface area (Å²) in [6, 6.07) is 12.2. The maximum atomic E-state index is 12.6. The molecule has 1 saturated heterocycles. The number of hydrogen-bond acceptors (Lipinski definition) is 8.